The number of hydrogen-bond acceptors (Lipinski definition) is 2. The molecule has 0 radical (unpaired) electrons. The Kier molecular flexibility index (Phi) is 3.63. The lowest BCUT2D eigenvalue weighted by atomic mass is 10.0. The zero-order valence-electron chi connectivity index (χ0n) is 8.89. The Hall–Kier alpha value is -1.16. The molecule has 0 heterocycles. The van der Waals surface area contributed by atoms with Gasteiger partial charge in [-0.2, -0.15) is 0 Å². The third-order valence-corrected chi connectivity index (χ3v) is 1.90. The first-order chi connectivity index (χ1) is 6.88. The van der Waals surface area contributed by atoms with Gasteiger partial charge in [0, 0.05) is 11.6 Å². The van der Waals surface area contributed by atoms with Crippen LogP contribution in [0.5, 0.6) is 5.75 Å². The summed E-state index contributed by atoms with van der Waals surface area (Å²) < 4.78 is 30.8. The van der Waals surface area contributed by atoms with Crippen molar-refractivity contribution < 1.29 is 13.5 Å². The van der Waals surface area contributed by atoms with Crippen LogP contribution in [0.4, 0.5) is 8.78 Å². The first-order valence-corrected chi connectivity index (χ1v) is 4.75. The first-order valence-electron chi connectivity index (χ1n) is 4.75. The van der Waals surface area contributed by atoms with Gasteiger partial charge < -0.3 is 10.5 Å². The van der Waals surface area contributed by atoms with Crippen LogP contribution in [-0.4, -0.2) is 12.1 Å². The van der Waals surface area contributed by atoms with Crippen molar-refractivity contribution in [3.63, 3.8) is 0 Å². The average Bonchev–Trinajstić information content (AvgIpc) is 2.07. The van der Waals surface area contributed by atoms with Crippen molar-refractivity contribution in [2.75, 3.05) is 6.61 Å². The molecule has 0 saturated heterocycles. The largest absolute Gasteiger partial charge is 0.490 e. The highest BCUT2D eigenvalue weighted by molar-refractivity contribution is 5.24. The van der Waals surface area contributed by atoms with E-state index in [1.165, 1.54) is 6.07 Å². The second-order valence-electron chi connectivity index (χ2n) is 4.16. The third-order valence-electron chi connectivity index (χ3n) is 1.90. The molecule has 15 heavy (non-hydrogen) atoms. The quantitative estimate of drug-likeness (QED) is 0.837. The summed E-state index contributed by atoms with van der Waals surface area (Å²) in [4.78, 5) is 0. The molecule has 1 aromatic carbocycles. The molecular formula is C11H15F2NO. The van der Waals surface area contributed by atoms with Crippen LogP contribution in [0, 0.1) is 11.6 Å². The Balaban J connectivity index is 2.51. The molecule has 0 atom stereocenters. The maximum Gasteiger partial charge on any atom is 0.167 e. The first kappa shape index (κ1) is 11.9. The SMILES string of the molecule is CC(C)(N)CCOc1ccc(F)cc1F. The molecule has 0 aliphatic carbocycles. The monoisotopic (exact) mass is 215 g/mol. The van der Waals surface area contributed by atoms with Gasteiger partial charge in [-0.05, 0) is 32.4 Å². The average molecular weight is 215 g/mol. The summed E-state index contributed by atoms with van der Waals surface area (Å²) in [5, 5.41) is 0. The van der Waals surface area contributed by atoms with Crippen molar-refractivity contribution in [3.05, 3.63) is 29.8 Å². The maximum atomic E-state index is 13.1. The molecule has 0 aliphatic rings. The Morgan fingerprint density at radius 1 is 1.33 bits per heavy atom. The van der Waals surface area contributed by atoms with Crippen molar-refractivity contribution in [2.24, 2.45) is 5.73 Å². The second-order valence-corrected chi connectivity index (χ2v) is 4.16. The van der Waals surface area contributed by atoms with Crippen LogP contribution in [0.1, 0.15) is 20.3 Å². The minimum Gasteiger partial charge on any atom is -0.490 e. The number of halogens is 2. The lowest BCUT2D eigenvalue weighted by Crippen LogP contribution is -2.33. The standard InChI is InChI=1S/C11H15F2NO/c1-11(2,14)5-6-15-10-4-3-8(12)7-9(10)13/h3-4,7H,5-6,14H2,1-2H3. The fourth-order valence-corrected chi connectivity index (χ4v) is 1.02. The molecule has 1 rings (SSSR count). The smallest absolute Gasteiger partial charge is 0.167 e. The summed E-state index contributed by atoms with van der Waals surface area (Å²) >= 11 is 0. The molecule has 0 aromatic heterocycles. The Labute approximate surface area is 88.0 Å². The summed E-state index contributed by atoms with van der Waals surface area (Å²) in [7, 11) is 0. The molecule has 2 nitrogen and oxygen atoms in total. The molecule has 0 amide bonds. The molecule has 0 fully saturated rings. The third kappa shape index (κ3) is 4.25. The van der Waals surface area contributed by atoms with E-state index in [1.54, 1.807) is 0 Å². The van der Waals surface area contributed by atoms with E-state index in [9.17, 15) is 8.78 Å². The highest BCUT2D eigenvalue weighted by Gasteiger charge is 2.11. The van der Waals surface area contributed by atoms with Gasteiger partial charge >= 0.3 is 0 Å². The molecule has 0 saturated carbocycles. The topological polar surface area (TPSA) is 35.2 Å². The Bertz CT molecular complexity index is 334. The van der Waals surface area contributed by atoms with Gasteiger partial charge in [0.25, 0.3) is 0 Å². The van der Waals surface area contributed by atoms with Crippen LogP contribution in [0.15, 0.2) is 18.2 Å². The lowest BCUT2D eigenvalue weighted by Gasteiger charge is -2.18. The summed E-state index contributed by atoms with van der Waals surface area (Å²) in [6.07, 6.45) is 0.601. The summed E-state index contributed by atoms with van der Waals surface area (Å²) in [6.45, 7) is 4.03. The van der Waals surface area contributed by atoms with Gasteiger partial charge in [-0.1, -0.05) is 0 Å². The van der Waals surface area contributed by atoms with E-state index in [4.69, 9.17) is 10.5 Å². The fraction of sp³-hybridized carbons (Fsp3) is 0.455. The van der Waals surface area contributed by atoms with E-state index in [1.807, 2.05) is 13.8 Å². The molecule has 0 aliphatic heterocycles. The van der Waals surface area contributed by atoms with Crippen LogP contribution >= 0.6 is 0 Å². The summed E-state index contributed by atoms with van der Waals surface area (Å²) in [6, 6.07) is 3.23. The minimum atomic E-state index is -0.690. The van der Waals surface area contributed by atoms with Crippen molar-refractivity contribution in [1.29, 1.82) is 0 Å². The van der Waals surface area contributed by atoms with Crippen LogP contribution < -0.4 is 10.5 Å². The second kappa shape index (κ2) is 4.57. The van der Waals surface area contributed by atoms with E-state index in [-0.39, 0.29) is 11.3 Å². The fourth-order valence-electron chi connectivity index (χ4n) is 1.02. The van der Waals surface area contributed by atoms with Gasteiger partial charge in [0.2, 0.25) is 0 Å². The molecule has 0 bridgehead atoms. The predicted molar refractivity (Wildman–Crippen MR) is 54.7 cm³/mol. The van der Waals surface area contributed by atoms with Gasteiger partial charge in [0.05, 0.1) is 6.61 Å². The number of benzene rings is 1. The summed E-state index contributed by atoms with van der Waals surface area (Å²) in [5.74, 6) is -1.25. The van der Waals surface area contributed by atoms with Crippen LogP contribution in [0.2, 0.25) is 0 Å². The van der Waals surface area contributed by atoms with Crippen molar-refractivity contribution in [3.8, 4) is 5.75 Å². The summed E-state index contributed by atoms with van der Waals surface area (Å²) in [5.41, 5.74) is 5.38. The normalized spacial score (nSPS) is 11.5. The van der Waals surface area contributed by atoms with Crippen LogP contribution in [-0.2, 0) is 0 Å². The Morgan fingerprint density at radius 3 is 2.53 bits per heavy atom. The number of hydrogen-bond donors (Lipinski definition) is 1. The van der Waals surface area contributed by atoms with Crippen molar-refractivity contribution >= 4 is 0 Å². The molecular weight excluding hydrogens is 200 g/mol. The van der Waals surface area contributed by atoms with Gasteiger partial charge in [-0.15, -0.1) is 0 Å². The molecule has 1 aromatic rings. The zero-order valence-corrected chi connectivity index (χ0v) is 8.89. The Morgan fingerprint density at radius 2 is 2.00 bits per heavy atom. The molecule has 0 unspecified atom stereocenters. The van der Waals surface area contributed by atoms with E-state index in [2.05, 4.69) is 0 Å². The van der Waals surface area contributed by atoms with E-state index in [0.717, 1.165) is 12.1 Å². The van der Waals surface area contributed by atoms with E-state index < -0.39 is 11.6 Å². The van der Waals surface area contributed by atoms with Gasteiger partial charge in [0.15, 0.2) is 11.6 Å². The predicted octanol–water partition coefficient (Wildman–Crippen LogP) is 2.47. The maximum absolute atomic E-state index is 13.1. The highest BCUT2D eigenvalue weighted by atomic mass is 19.1. The lowest BCUT2D eigenvalue weighted by molar-refractivity contribution is 0.262. The highest BCUT2D eigenvalue weighted by Crippen LogP contribution is 2.18. The van der Waals surface area contributed by atoms with Gasteiger partial charge in [0.1, 0.15) is 5.82 Å². The molecule has 2 N–H and O–H groups in total. The number of ether oxygens (including phenoxy) is 1. The van der Waals surface area contributed by atoms with Gasteiger partial charge in [-0.3, -0.25) is 0 Å². The minimum absolute atomic E-state index is 0.0562. The van der Waals surface area contributed by atoms with E-state index >= 15 is 0 Å². The van der Waals surface area contributed by atoms with Crippen LogP contribution in [0.25, 0.3) is 0 Å². The molecule has 84 valence electrons. The molecule has 0 spiro atoms. The van der Waals surface area contributed by atoms with Crippen molar-refractivity contribution in [1.82, 2.24) is 0 Å². The van der Waals surface area contributed by atoms with Crippen molar-refractivity contribution in [2.45, 2.75) is 25.8 Å². The number of rotatable bonds is 4. The zero-order chi connectivity index (χ0) is 11.5. The van der Waals surface area contributed by atoms with Gasteiger partial charge in [-0.25, -0.2) is 8.78 Å². The number of nitrogens with two attached hydrogens (primary N) is 1. The van der Waals surface area contributed by atoms with Crippen LogP contribution in [0.3, 0.4) is 0 Å². The molecule has 4 heteroatoms. The van der Waals surface area contributed by atoms with E-state index in [0.29, 0.717) is 13.0 Å².